The highest BCUT2D eigenvalue weighted by Gasteiger charge is 2.11. The van der Waals surface area contributed by atoms with Crippen molar-refractivity contribution in [3.05, 3.63) is 24.0 Å². The molecule has 1 aromatic heterocycles. The van der Waals surface area contributed by atoms with Crippen LogP contribution >= 0.6 is 0 Å². The number of aliphatic hydroxyl groups excluding tert-OH is 1. The van der Waals surface area contributed by atoms with Gasteiger partial charge in [0.25, 0.3) is 5.91 Å². The molecule has 0 aliphatic heterocycles. The zero-order valence-corrected chi connectivity index (χ0v) is 8.47. The van der Waals surface area contributed by atoms with E-state index in [0.29, 0.717) is 6.42 Å². The van der Waals surface area contributed by atoms with Crippen molar-refractivity contribution in [1.29, 1.82) is 0 Å². The fourth-order valence-corrected chi connectivity index (χ4v) is 1.10. The lowest BCUT2D eigenvalue weighted by molar-refractivity contribution is 0.0914. The summed E-state index contributed by atoms with van der Waals surface area (Å²) >= 11 is 0. The van der Waals surface area contributed by atoms with Crippen LogP contribution in [0, 0.1) is 0 Å². The van der Waals surface area contributed by atoms with Gasteiger partial charge in [-0.05, 0) is 12.5 Å². The number of aromatic hydroxyl groups is 1. The van der Waals surface area contributed by atoms with Crippen molar-refractivity contribution in [2.45, 2.75) is 19.4 Å². The van der Waals surface area contributed by atoms with Gasteiger partial charge in [-0.25, -0.2) is 0 Å². The summed E-state index contributed by atoms with van der Waals surface area (Å²) in [5, 5.41) is 20.6. The van der Waals surface area contributed by atoms with Gasteiger partial charge >= 0.3 is 0 Å². The Kier molecular flexibility index (Phi) is 4.05. The first-order valence-electron chi connectivity index (χ1n) is 4.73. The zero-order chi connectivity index (χ0) is 11.3. The fraction of sp³-hybridized carbons (Fsp3) is 0.400. The molecule has 0 radical (unpaired) electrons. The van der Waals surface area contributed by atoms with Crippen LogP contribution < -0.4 is 5.32 Å². The Bertz CT molecular complexity index is 337. The van der Waals surface area contributed by atoms with E-state index < -0.39 is 0 Å². The number of amides is 1. The highest BCUT2D eigenvalue weighted by atomic mass is 16.3. The monoisotopic (exact) mass is 210 g/mol. The molecule has 0 bridgehead atoms. The average Bonchev–Trinajstić information content (AvgIpc) is 2.25. The molecular weight excluding hydrogens is 196 g/mol. The van der Waals surface area contributed by atoms with Crippen molar-refractivity contribution in [2.75, 3.05) is 6.61 Å². The number of hydrogen-bond donors (Lipinski definition) is 3. The summed E-state index contributed by atoms with van der Waals surface area (Å²) in [6.45, 7) is 1.76. The Balaban J connectivity index is 2.68. The quantitative estimate of drug-likeness (QED) is 0.667. The Morgan fingerprint density at radius 3 is 2.87 bits per heavy atom. The number of aliphatic hydroxyl groups is 1. The molecule has 0 unspecified atom stereocenters. The van der Waals surface area contributed by atoms with Gasteiger partial charge in [-0.1, -0.05) is 6.92 Å². The van der Waals surface area contributed by atoms with Crippen LogP contribution in [0.15, 0.2) is 18.5 Å². The third-order valence-corrected chi connectivity index (χ3v) is 2.03. The van der Waals surface area contributed by atoms with E-state index in [-0.39, 0.29) is 29.9 Å². The second-order valence-electron chi connectivity index (χ2n) is 3.19. The van der Waals surface area contributed by atoms with Crippen LogP contribution in [0.5, 0.6) is 5.75 Å². The maximum absolute atomic E-state index is 11.6. The van der Waals surface area contributed by atoms with Crippen molar-refractivity contribution in [1.82, 2.24) is 10.3 Å². The number of carbonyl (C=O) groups is 1. The molecule has 0 saturated heterocycles. The van der Waals surface area contributed by atoms with Crippen LogP contribution in [-0.4, -0.2) is 33.8 Å². The maximum Gasteiger partial charge on any atom is 0.253 e. The van der Waals surface area contributed by atoms with Gasteiger partial charge in [0, 0.05) is 6.20 Å². The van der Waals surface area contributed by atoms with Crippen LogP contribution in [0.1, 0.15) is 23.7 Å². The lowest BCUT2D eigenvalue weighted by Crippen LogP contribution is -2.36. The third kappa shape index (κ3) is 3.21. The van der Waals surface area contributed by atoms with E-state index in [1.807, 2.05) is 6.92 Å². The summed E-state index contributed by atoms with van der Waals surface area (Å²) in [7, 11) is 0. The van der Waals surface area contributed by atoms with Crippen LogP contribution in [0.2, 0.25) is 0 Å². The van der Waals surface area contributed by atoms with Crippen molar-refractivity contribution in [2.24, 2.45) is 0 Å². The van der Waals surface area contributed by atoms with E-state index in [1.54, 1.807) is 0 Å². The highest BCUT2D eigenvalue weighted by molar-refractivity contribution is 5.94. The molecule has 0 aliphatic carbocycles. The summed E-state index contributed by atoms with van der Waals surface area (Å²) in [6.07, 6.45) is 3.26. The second kappa shape index (κ2) is 5.31. The van der Waals surface area contributed by atoms with Crippen molar-refractivity contribution >= 4 is 5.91 Å². The van der Waals surface area contributed by atoms with Gasteiger partial charge in [-0.2, -0.15) is 0 Å². The second-order valence-corrected chi connectivity index (χ2v) is 3.19. The molecule has 82 valence electrons. The van der Waals surface area contributed by atoms with E-state index in [4.69, 9.17) is 10.2 Å². The molecule has 0 fully saturated rings. The molecule has 0 aromatic carbocycles. The van der Waals surface area contributed by atoms with Crippen LogP contribution in [0.25, 0.3) is 0 Å². The summed E-state index contributed by atoms with van der Waals surface area (Å²) in [5.41, 5.74) is 0.280. The van der Waals surface area contributed by atoms with Crippen molar-refractivity contribution in [3.8, 4) is 5.75 Å². The molecule has 5 nitrogen and oxygen atoms in total. The summed E-state index contributed by atoms with van der Waals surface area (Å²) in [4.78, 5) is 15.2. The first kappa shape index (κ1) is 11.5. The zero-order valence-electron chi connectivity index (χ0n) is 8.47. The van der Waals surface area contributed by atoms with Crippen molar-refractivity contribution in [3.63, 3.8) is 0 Å². The van der Waals surface area contributed by atoms with Gasteiger partial charge in [0.05, 0.1) is 24.4 Å². The van der Waals surface area contributed by atoms with Crippen LogP contribution in [0.3, 0.4) is 0 Å². The SMILES string of the molecule is CC[C@H](CO)NC(=O)c1cncc(O)c1. The number of pyridine rings is 1. The van der Waals surface area contributed by atoms with Gasteiger partial charge in [0.1, 0.15) is 5.75 Å². The third-order valence-electron chi connectivity index (χ3n) is 2.03. The van der Waals surface area contributed by atoms with Crippen molar-refractivity contribution < 1.29 is 15.0 Å². The van der Waals surface area contributed by atoms with Gasteiger partial charge < -0.3 is 15.5 Å². The molecule has 0 spiro atoms. The molecule has 1 rings (SSSR count). The maximum atomic E-state index is 11.6. The normalized spacial score (nSPS) is 12.1. The fourth-order valence-electron chi connectivity index (χ4n) is 1.10. The first-order chi connectivity index (χ1) is 7.17. The largest absolute Gasteiger partial charge is 0.506 e. The molecule has 1 atom stereocenters. The molecule has 3 N–H and O–H groups in total. The molecule has 0 saturated carbocycles. The van der Waals surface area contributed by atoms with Gasteiger partial charge in [-0.15, -0.1) is 0 Å². The van der Waals surface area contributed by atoms with Gasteiger partial charge in [0.2, 0.25) is 0 Å². The van der Waals surface area contributed by atoms with E-state index in [1.165, 1.54) is 18.5 Å². The minimum absolute atomic E-state index is 0.0558. The minimum Gasteiger partial charge on any atom is -0.506 e. The number of nitrogens with zero attached hydrogens (tertiary/aromatic N) is 1. The Hall–Kier alpha value is -1.62. The van der Waals surface area contributed by atoms with Crippen LogP contribution in [0.4, 0.5) is 0 Å². The Labute approximate surface area is 87.8 Å². The lowest BCUT2D eigenvalue weighted by Gasteiger charge is -2.13. The van der Waals surface area contributed by atoms with E-state index in [0.717, 1.165) is 0 Å². The Morgan fingerprint density at radius 2 is 2.33 bits per heavy atom. The van der Waals surface area contributed by atoms with E-state index in [9.17, 15) is 4.79 Å². The standard InChI is InChI=1S/C10H14N2O3/c1-2-8(6-13)12-10(15)7-3-9(14)5-11-4-7/h3-5,8,13-14H,2,6H2,1H3,(H,12,15)/t8-/m1/s1. The number of carbonyl (C=O) groups excluding carboxylic acids is 1. The minimum atomic E-state index is -0.348. The van der Waals surface area contributed by atoms with Crippen LogP contribution in [-0.2, 0) is 0 Å². The molecule has 1 heterocycles. The molecule has 15 heavy (non-hydrogen) atoms. The number of rotatable bonds is 4. The molecular formula is C10H14N2O3. The van der Waals surface area contributed by atoms with Gasteiger partial charge in [0.15, 0.2) is 0 Å². The predicted molar refractivity (Wildman–Crippen MR) is 54.5 cm³/mol. The average molecular weight is 210 g/mol. The Morgan fingerprint density at radius 1 is 1.60 bits per heavy atom. The topological polar surface area (TPSA) is 82.5 Å². The molecule has 1 amide bonds. The number of hydrogen-bond acceptors (Lipinski definition) is 4. The predicted octanol–water partition coefficient (Wildman–Crippen LogP) is 0.288. The molecule has 5 heteroatoms. The highest BCUT2D eigenvalue weighted by Crippen LogP contribution is 2.08. The molecule has 0 aliphatic rings. The molecule has 1 aromatic rings. The summed E-state index contributed by atoms with van der Waals surface area (Å²) in [5.74, 6) is -0.404. The van der Waals surface area contributed by atoms with E-state index >= 15 is 0 Å². The summed E-state index contributed by atoms with van der Waals surface area (Å²) in [6, 6.07) is 1.06. The van der Waals surface area contributed by atoms with E-state index in [2.05, 4.69) is 10.3 Å². The summed E-state index contributed by atoms with van der Waals surface area (Å²) < 4.78 is 0. The van der Waals surface area contributed by atoms with Gasteiger partial charge in [-0.3, -0.25) is 9.78 Å². The smallest absolute Gasteiger partial charge is 0.253 e. The first-order valence-corrected chi connectivity index (χ1v) is 4.73. The number of aromatic nitrogens is 1. The lowest BCUT2D eigenvalue weighted by atomic mass is 10.2. The number of nitrogens with one attached hydrogen (secondary N) is 1.